The molecule has 186 valence electrons. The molecule has 1 amide bonds. The molecular formula is C26H26N4O4S2. The Morgan fingerprint density at radius 1 is 1.03 bits per heavy atom. The lowest BCUT2D eigenvalue weighted by Crippen LogP contribution is -2.16. The summed E-state index contributed by atoms with van der Waals surface area (Å²) < 4.78 is 12.5. The van der Waals surface area contributed by atoms with E-state index in [0.29, 0.717) is 22.3 Å². The van der Waals surface area contributed by atoms with Gasteiger partial charge in [-0.1, -0.05) is 42.1 Å². The number of hydrogen-bond acceptors (Lipinski definition) is 8. The molecule has 0 aliphatic carbocycles. The van der Waals surface area contributed by atoms with Crippen molar-refractivity contribution in [2.24, 2.45) is 0 Å². The number of benzene rings is 2. The Balaban J connectivity index is 1.49. The molecule has 0 aliphatic heterocycles. The van der Waals surface area contributed by atoms with Crippen molar-refractivity contribution in [2.45, 2.75) is 25.5 Å². The summed E-state index contributed by atoms with van der Waals surface area (Å²) >= 11 is 2.59. The number of methoxy groups -OCH3 is 1. The number of nitrogens with one attached hydrogen (secondary N) is 1. The molecule has 10 heteroatoms. The zero-order chi connectivity index (χ0) is 25.5. The number of ether oxygens (including phenoxy) is 2. The predicted octanol–water partition coefficient (Wildman–Crippen LogP) is 5.61. The number of thioether (sulfide) groups is 1. The predicted molar refractivity (Wildman–Crippen MR) is 143 cm³/mol. The van der Waals surface area contributed by atoms with Crippen molar-refractivity contribution < 1.29 is 19.1 Å². The first kappa shape index (κ1) is 25.5. The fourth-order valence-corrected chi connectivity index (χ4v) is 5.39. The summed E-state index contributed by atoms with van der Waals surface area (Å²) in [5.74, 6) is 0.887. The van der Waals surface area contributed by atoms with Crippen molar-refractivity contribution in [3.63, 3.8) is 0 Å². The molecule has 2 aromatic heterocycles. The Bertz CT molecular complexity index is 1330. The minimum absolute atomic E-state index is 0.113. The molecule has 4 aromatic rings. The first-order valence-electron chi connectivity index (χ1n) is 11.4. The molecule has 4 rings (SSSR count). The van der Waals surface area contributed by atoms with Gasteiger partial charge in [-0.15, -0.1) is 21.5 Å². The van der Waals surface area contributed by atoms with Gasteiger partial charge in [-0.3, -0.25) is 4.79 Å². The normalized spacial score (nSPS) is 10.8. The van der Waals surface area contributed by atoms with Crippen LogP contribution in [0.2, 0.25) is 0 Å². The summed E-state index contributed by atoms with van der Waals surface area (Å²) in [6, 6.07) is 17.2. The highest BCUT2D eigenvalue weighted by atomic mass is 32.2. The van der Waals surface area contributed by atoms with Crippen molar-refractivity contribution >= 4 is 40.0 Å². The molecule has 36 heavy (non-hydrogen) atoms. The maximum Gasteiger partial charge on any atom is 0.341 e. The van der Waals surface area contributed by atoms with E-state index in [1.54, 1.807) is 14.0 Å². The zero-order valence-corrected chi connectivity index (χ0v) is 21.8. The summed E-state index contributed by atoms with van der Waals surface area (Å²) in [5, 5.41) is 14.5. The van der Waals surface area contributed by atoms with Crippen molar-refractivity contribution in [2.75, 3.05) is 24.8 Å². The zero-order valence-electron chi connectivity index (χ0n) is 20.2. The van der Waals surface area contributed by atoms with Crippen molar-refractivity contribution in [1.29, 1.82) is 0 Å². The molecule has 0 radical (unpaired) electrons. The SMILES string of the molecule is CCOC(=O)c1c(-c2ccccc2)csc1NC(=O)CSc1nnc(-c2ccc(OC)cc2)n1CC. The molecule has 0 unspecified atom stereocenters. The largest absolute Gasteiger partial charge is 0.497 e. The highest BCUT2D eigenvalue weighted by Gasteiger charge is 2.23. The summed E-state index contributed by atoms with van der Waals surface area (Å²) in [5.41, 5.74) is 2.89. The topological polar surface area (TPSA) is 95.3 Å². The van der Waals surface area contributed by atoms with Crippen LogP contribution in [0.3, 0.4) is 0 Å². The minimum Gasteiger partial charge on any atom is -0.497 e. The molecule has 1 N–H and O–H groups in total. The number of carbonyl (C=O) groups excluding carboxylic acids is 2. The van der Waals surface area contributed by atoms with Crippen LogP contribution >= 0.6 is 23.1 Å². The van der Waals surface area contributed by atoms with Crippen LogP contribution < -0.4 is 10.1 Å². The number of hydrogen-bond donors (Lipinski definition) is 1. The van der Waals surface area contributed by atoms with E-state index >= 15 is 0 Å². The molecule has 0 bridgehead atoms. The number of carbonyl (C=O) groups is 2. The van der Waals surface area contributed by atoms with Crippen LogP contribution in [0.5, 0.6) is 5.75 Å². The maximum atomic E-state index is 12.9. The highest BCUT2D eigenvalue weighted by Crippen LogP contribution is 2.36. The number of esters is 1. The molecule has 0 saturated heterocycles. The van der Waals surface area contributed by atoms with E-state index in [1.165, 1.54) is 23.1 Å². The lowest BCUT2D eigenvalue weighted by molar-refractivity contribution is -0.113. The number of amides is 1. The van der Waals surface area contributed by atoms with Crippen LogP contribution in [0, 0.1) is 0 Å². The van der Waals surface area contributed by atoms with Gasteiger partial charge in [0.05, 0.1) is 19.5 Å². The summed E-state index contributed by atoms with van der Waals surface area (Å²) in [7, 11) is 1.62. The fraction of sp³-hybridized carbons (Fsp3) is 0.231. The smallest absolute Gasteiger partial charge is 0.341 e. The molecule has 0 atom stereocenters. The lowest BCUT2D eigenvalue weighted by Gasteiger charge is -2.09. The van der Waals surface area contributed by atoms with Crippen LogP contribution in [0.1, 0.15) is 24.2 Å². The minimum atomic E-state index is -0.463. The third-order valence-electron chi connectivity index (χ3n) is 5.32. The summed E-state index contributed by atoms with van der Waals surface area (Å²) in [4.78, 5) is 25.6. The van der Waals surface area contributed by atoms with E-state index in [1.807, 2.05) is 71.5 Å². The monoisotopic (exact) mass is 522 g/mol. The van der Waals surface area contributed by atoms with Gasteiger partial charge in [0.15, 0.2) is 11.0 Å². The van der Waals surface area contributed by atoms with Gasteiger partial charge < -0.3 is 19.4 Å². The number of aromatic nitrogens is 3. The molecule has 2 aromatic carbocycles. The molecule has 0 saturated carbocycles. The van der Waals surface area contributed by atoms with Crippen LogP contribution in [0.4, 0.5) is 5.00 Å². The van der Waals surface area contributed by atoms with Gasteiger partial charge in [-0.05, 0) is 43.7 Å². The van der Waals surface area contributed by atoms with Crippen LogP contribution in [-0.2, 0) is 16.1 Å². The van der Waals surface area contributed by atoms with Crippen molar-refractivity contribution in [3.05, 3.63) is 65.5 Å². The Morgan fingerprint density at radius 2 is 1.78 bits per heavy atom. The second-order valence-electron chi connectivity index (χ2n) is 7.56. The molecule has 2 heterocycles. The van der Waals surface area contributed by atoms with Crippen LogP contribution in [0.15, 0.2) is 65.1 Å². The van der Waals surface area contributed by atoms with Crippen LogP contribution in [0.25, 0.3) is 22.5 Å². The standard InChI is InChI=1S/C26H26N4O4S2/c1-4-30-23(18-11-13-19(33-3)14-12-18)28-29-26(30)36-16-21(31)27-24-22(25(32)34-5-2)20(15-35-24)17-9-7-6-8-10-17/h6-15H,4-5,16H2,1-3H3,(H,27,31). The second-order valence-corrected chi connectivity index (χ2v) is 9.38. The van der Waals surface area contributed by atoms with Gasteiger partial charge in [0.2, 0.25) is 5.91 Å². The molecule has 0 aliphatic rings. The van der Waals surface area contributed by atoms with Gasteiger partial charge in [0, 0.05) is 23.1 Å². The Morgan fingerprint density at radius 3 is 2.44 bits per heavy atom. The average molecular weight is 523 g/mol. The molecular weight excluding hydrogens is 496 g/mol. The molecule has 0 fully saturated rings. The summed E-state index contributed by atoms with van der Waals surface area (Å²) in [6.07, 6.45) is 0. The van der Waals surface area contributed by atoms with E-state index in [-0.39, 0.29) is 18.3 Å². The quantitative estimate of drug-likeness (QED) is 0.214. The van der Waals surface area contributed by atoms with Gasteiger partial charge in [0.1, 0.15) is 16.3 Å². The first-order valence-corrected chi connectivity index (χ1v) is 13.3. The lowest BCUT2D eigenvalue weighted by atomic mass is 10.0. The fourth-order valence-electron chi connectivity index (χ4n) is 3.61. The number of nitrogens with zero attached hydrogens (tertiary/aromatic N) is 3. The van der Waals surface area contributed by atoms with Crippen molar-refractivity contribution in [3.8, 4) is 28.3 Å². The third kappa shape index (κ3) is 5.60. The third-order valence-corrected chi connectivity index (χ3v) is 7.18. The van der Waals surface area contributed by atoms with Gasteiger partial charge in [-0.2, -0.15) is 0 Å². The van der Waals surface area contributed by atoms with E-state index in [4.69, 9.17) is 9.47 Å². The molecule has 0 spiro atoms. The Hall–Kier alpha value is -3.63. The van der Waals surface area contributed by atoms with E-state index < -0.39 is 5.97 Å². The van der Waals surface area contributed by atoms with Gasteiger partial charge in [-0.25, -0.2) is 4.79 Å². The first-order chi connectivity index (χ1) is 17.5. The Labute approximate surface area is 217 Å². The number of rotatable bonds is 10. The number of anilines is 1. The average Bonchev–Trinajstić information content (AvgIpc) is 3.52. The van der Waals surface area contributed by atoms with Gasteiger partial charge in [0.25, 0.3) is 0 Å². The second kappa shape index (κ2) is 11.9. The summed E-state index contributed by atoms with van der Waals surface area (Å²) in [6.45, 7) is 4.65. The van der Waals surface area contributed by atoms with Gasteiger partial charge >= 0.3 is 5.97 Å². The highest BCUT2D eigenvalue weighted by molar-refractivity contribution is 7.99. The molecule has 8 nitrogen and oxygen atoms in total. The Kier molecular flexibility index (Phi) is 8.40. The van der Waals surface area contributed by atoms with E-state index in [9.17, 15) is 9.59 Å². The maximum absolute atomic E-state index is 12.9. The van der Waals surface area contributed by atoms with Crippen molar-refractivity contribution in [1.82, 2.24) is 14.8 Å². The number of thiophene rings is 1. The van der Waals surface area contributed by atoms with E-state index in [2.05, 4.69) is 15.5 Å². The van der Waals surface area contributed by atoms with Crippen LogP contribution in [-0.4, -0.2) is 46.1 Å². The van der Waals surface area contributed by atoms with E-state index in [0.717, 1.165) is 28.3 Å².